The van der Waals surface area contributed by atoms with Crippen molar-refractivity contribution in [1.29, 1.82) is 0 Å². The van der Waals surface area contributed by atoms with Gasteiger partial charge in [-0.3, -0.25) is 25.2 Å². The van der Waals surface area contributed by atoms with Gasteiger partial charge < -0.3 is 9.73 Å². The molecule has 0 saturated heterocycles. The summed E-state index contributed by atoms with van der Waals surface area (Å²) < 4.78 is 4.91. The van der Waals surface area contributed by atoms with Crippen LogP contribution >= 0.6 is 0 Å². The summed E-state index contributed by atoms with van der Waals surface area (Å²) in [6.07, 6.45) is 3.23. The van der Waals surface area contributed by atoms with E-state index in [9.17, 15) is 14.4 Å². The quantitative estimate of drug-likeness (QED) is 0.748. The van der Waals surface area contributed by atoms with E-state index in [0.717, 1.165) is 12.8 Å². The van der Waals surface area contributed by atoms with E-state index in [-0.39, 0.29) is 17.6 Å². The normalized spacial score (nSPS) is 13.2. The molecule has 1 fully saturated rings. The second-order valence-electron chi connectivity index (χ2n) is 5.23. The molecule has 1 aromatic heterocycles. The molecular formula is C16H15N3O4. The van der Waals surface area contributed by atoms with Crippen LogP contribution in [-0.2, 0) is 4.79 Å². The predicted octanol–water partition coefficient (Wildman–Crippen LogP) is 1.70. The van der Waals surface area contributed by atoms with Crippen molar-refractivity contribution in [3.05, 3.63) is 54.0 Å². The average Bonchev–Trinajstić information content (AvgIpc) is 3.28. The van der Waals surface area contributed by atoms with Gasteiger partial charge in [-0.25, -0.2) is 0 Å². The summed E-state index contributed by atoms with van der Waals surface area (Å²) in [5, 5.41) is 2.79. The lowest BCUT2D eigenvalue weighted by Crippen LogP contribution is -2.41. The molecule has 3 rings (SSSR count). The van der Waals surface area contributed by atoms with Gasteiger partial charge in [-0.1, -0.05) is 0 Å². The zero-order valence-corrected chi connectivity index (χ0v) is 12.2. The first kappa shape index (κ1) is 14.8. The SMILES string of the molecule is O=C(NNC(=O)c1ccco1)c1ccc(NC(=O)C2CC2)cc1. The Kier molecular flexibility index (Phi) is 4.09. The summed E-state index contributed by atoms with van der Waals surface area (Å²) in [5.41, 5.74) is 5.53. The molecule has 7 heteroatoms. The molecule has 1 aliphatic rings. The molecule has 1 aromatic carbocycles. The summed E-state index contributed by atoms with van der Waals surface area (Å²) in [6.45, 7) is 0. The van der Waals surface area contributed by atoms with E-state index in [4.69, 9.17) is 4.42 Å². The molecule has 23 heavy (non-hydrogen) atoms. The monoisotopic (exact) mass is 313 g/mol. The maximum absolute atomic E-state index is 11.9. The molecule has 2 aromatic rings. The van der Waals surface area contributed by atoms with Gasteiger partial charge in [-0.2, -0.15) is 0 Å². The van der Waals surface area contributed by atoms with Crippen molar-refractivity contribution in [2.24, 2.45) is 5.92 Å². The van der Waals surface area contributed by atoms with Crippen LogP contribution in [0.2, 0.25) is 0 Å². The van der Waals surface area contributed by atoms with Crippen molar-refractivity contribution in [2.45, 2.75) is 12.8 Å². The van der Waals surface area contributed by atoms with Crippen LogP contribution in [0.4, 0.5) is 5.69 Å². The maximum atomic E-state index is 11.9. The van der Waals surface area contributed by atoms with Gasteiger partial charge in [0.1, 0.15) is 0 Å². The molecule has 0 bridgehead atoms. The number of carbonyl (C=O) groups is 3. The summed E-state index contributed by atoms with van der Waals surface area (Å²) in [7, 11) is 0. The van der Waals surface area contributed by atoms with Crippen LogP contribution in [0.1, 0.15) is 33.8 Å². The van der Waals surface area contributed by atoms with Crippen LogP contribution in [0, 0.1) is 5.92 Å². The van der Waals surface area contributed by atoms with Gasteiger partial charge in [-0.15, -0.1) is 0 Å². The van der Waals surface area contributed by atoms with Crippen LogP contribution in [0.25, 0.3) is 0 Å². The minimum absolute atomic E-state index is 0.00733. The van der Waals surface area contributed by atoms with Crippen molar-refractivity contribution in [1.82, 2.24) is 10.9 Å². The highest BCUT2D eigenvalue weighted by atomic mass is 16.3. The second-order valence-corrected chi connectivity index (χ2v) is 5.23. The molecule has 0 radical (unpaired) electrons. The minimum Gasteiger partial charge on any atom is -0.459 e. The fourth-order valence-corrected chi connectivity index (χ4v) is 1.95. The van der Waals surface area contributed by atoms with Gasteiger partial charge >= 0.3 is 5.91 Å². The fraction of sp³-hybridized carbons (Fsp3) is 0.188. The molecule has 1 aliphatic carbocycles. The number of furan rings is 1. The van der Waals surface area contributed by atoms with Crippen molar-refractivity contribution in [2.75, 3.05) is 5.32 Å². The van der Waals surface area contributed by atoms with E-state index >= 15 is 0 Å². The number of nitrogens with one attached hydrogen (secondary N) is 3. The number of anilines is 1. The Morgan fingerprint density at radius 3 is 2.26 bits per heavy atom. The molecule has 0 unspecified atom stereocenters. The number of amides is 3. The van der Waals surface area contributed by atoms with Gasteiger partial charge in [0.2, 0.25) is 5.91 Å². The summed E-state index contributed by atoms with van der Waals surface area (Å²) in [6, 6.07) is 9.48. The largest absolute Gasteiger partial charge is 0.459 e. The number of hydrogen-bond acceptors (Lipinski definition) is 4. The van der Waals surface area contributed by atoms with Gasteiger partial charge in [0.05, 0.1) is 6.26 Å². The molecule has 118 valence electrons. The Balaban J connectivity index is 1.52. The molecule has 3 N–H and O–H groups in total. The molecule has 0 spiro atoms. The number of benzene rings is 1. The summed E-state index contributed by atoms with van der Waals surface area (Å²) in [4.78, 5) is 35.2. The lowest BCUT2D eigenvalue weighted by atomic mass is 10.2. The van der Waals surface area contributed by atoms with E-state index in [1.165, 1.54) is 12.3 Å². The Morgan fingerprint density at radius 2 is 1.65 bits per heavy atom. The van der Waals surface area contributed by atoms with E-state index < -0.39 is 11.8 Å². The molecular weight excluding hydrogens is 298 g/mol. The highest BCUT2D eigenvalue weighted by Gasteiger charge is 2.29. The number of hydrogen-bond donors (Lipinski definition) is 3. The van der Waals surface area contributed by atoms with Gasteiger partial charge in [0.15, 0.2) is 5.76 Å². The fourth-order valence-electron chi connectivity index (χ4n) is 1.95. The van der Waals surface area contributed by atoms with E-state index in [0.29, 0.717) is 11.3 Å². The topological polar surface area (TPSA) is 100 Å². The van der Waals surface area contributed by atoms with Crippen molar-refractivity contribution < 1.29 is 18.8 Å². The van der Waals surface area contributed by atoms with Crippen molar-refractivity contribution in [3.63, 3.8) is 0 Å². The smallest absolute Gasteiger partial charge is 0.305 e. The first-order valence-corrected chi connectivity index (χ1v) is 7.18. The van der Waals surface area contributed by atoms with E-state index in [2.05, 4.69) is 16.2 Å². The molecule has 0 aliphatic heterocycles. The van der Waals surface area contributed by atoms with Crippen LogP contribution in [0.15, 0.2) is 47.1 Å². The number of hydrazine groups is 1. The summed E-state index contributed by atoms with van der Waals surface area (Å²) >= 11 is 0. The molecule has 3 amide bonds. The molecule has 1 heterocycles. The van der Waals surface area contributed by atoms with Crippen LogP contribution in [0.3, 0.4) is 0 Å². The number of rotatable bonds is 4. The van der Waals surface area contributed by atoms with Gasteiger partial charge in [-0.05, 0) is 49.2 Å². The van der Waals surface area contributed by atoms with Gasteiger partial charge in [0.25, 0.3) is 5.91 Å². The zero-order valence-electron chi connectivity index (χ0n) is 12.2. The number of carbonyl (C=O) groups excluding carboxylic acids is 3. The molecule has 0 atom stereocenters. The Hall–Kier alpha value is -3.09. The maximum Gasteiger partial charge on any atom is 0.305 e. The standard InChI is InChI=1S/C16H15N3O4/c20-14(10-3-4-10)17-12-7-5-11(6-8-12)15(21)18-19-16(22)13-2-1-9-23-13/h1-2,5-10H,3-4H2,(H,17,20)(H,18,21)(H,19,22). The lowest BCUT2D eigenvalue weighted by Gasteiger charge is -2.07. The zero-order chi connectivity index (χ0) is 16.2. The highest BCUT2D eigenvalue weighted by Crippen LogP contribution is 2.30. The van der Waals surface area contributed by atoms with Crippen LogP contribution in [-0.4, -0.2) is 17.7 Å². The summed E-state index contributed by atoms with van der Waals surface area (Å²) in [5.74, 6) is -0.784. The van der Waals surface area contributed by atoms with E-state index in [1.54, 1.807) is 30.3 Å². The Bertz CT molecular complexity index is 718. The third kappa shape index (κ3) is 3.76. The third-order valence-electron chi connectivity index (χ3n) is 3.40. The Labute approximate surface area is 132 Å². The average molecular weight is 313 g/mol. The second kappa shape index (κ2) is 6.35. The lowest BCUT2D eigenvalue weighted by molar-refractivity contribution is -0.117. The highest BCUT2D eigenvalue weighted by molar-refractivity contribution is 5.99. The molecule has 1 saturated carbocycles. The van der Waals surface area contributed by atoms with Crippen LogP contribution < -0.4 is 16.2 Å². The minimum atomic E-state index is -0.545. The molecule has 7 nitrogen and oxygen atoms in total. The predicted molar refractivity (Wildman–Crippen MR) is 81.4 cm³/mol. The van der Waals surface area contributed by atoms with Crippen LogP contribution in [0.5, 0.6) is 0 Å². The third-order valence-corrected chi connectivity index (χ3v) is 3.40. The first-order chi connectivity index (χ1) is 11.1. The van der Waals surface area contributed by atoms with Crippen molar-refractivity contribution in [3.8, 4) is 0 Å². The first-order valence-electron chi connectivity index (χ1n) is 7.18. The van der Waals surface area contributed by atoms with Crippen molar-refractivity contribution >= 4 is 23.4 Å². The van der Waals surface area contributed by atoms with Gasteiger partial charge in [0, 0.05) is 17.2 Å². The van der Waals surface area contributed by atoms with E-state index in [1.807, 2.05) is 0 Å². The Morgan fingerprint density at radius 1 is 0.957 bits per heavy atom.